The van der Waals surface area contributed by atoms with Crippen LogP contribution in [0.5, 0.6) is 0 Å². The first-order valence-corrected chi connectivity index (χ1v) is 3.84. The van der Waals surface area contributed by atoms with E-state index >= 15 is 0 Å². The van der Waals surface area contributed by atoms with Crippen LogP contribution >= 0.6 is 0 Å². The standard InChI is InChI=1S/C7H11NO4/c9-6-3-1-2-5(4-6)8(12)7(10)11/h5,12H,1-4H2,(H,10,11). The molecule has 5 nitrogen and oxygen atoms in total. The van der Waals surface area contributed by atoms with E-state index in [4.69, 9.17) is 10.3 Å². The molecule has 0 aliphatic heterocycles. The van der Waals surface area contributed by atoms with E-state index in [1.165, 1.54) is 0 Å². The van der Waals surface area contributed by atoms with Crippen LogP contribution in [0.4, 0.5) is 4.79 Å². The number of rotatable bonds is 1. The SMILES string of the molecule is O=C1CCCC(N(O)C(=O)O)C1. The molecule has 2 N–H and O–H groups in total. The van der Waals surface area contributed by atoms with Crippen molar-refractivity contribution in [2.45, 2.75) is 31.7 Å². The molecular weight excluding hydrogens is 162 g/mol. The third-order valence-corrected chi connectivity index (χ3v) is 2.00. The van der Waals surface area contributed by atoms with Gasteiger partial charge in [0.05, 0.1) is 6.04 Å². The normalized spacial score (nSPS) is 23.8. The van der Waals surface area contributed by atoms with Gasteiger partial charge in [-0.15, -0.1) is 0 Å². The van der Waals surface area contributed by atoms with Crippen LogP contribution in [0.25, 0.3) is 0 Å². The zero-order chi connectivity index (χ0) is 9.14. The number of carbonyl (C=O) groups excluding carboxylic acids is 1. The van der Waals surface area contributed by atoms with Gasteiger partial charge in [0.1, 0.15) is 5.78 Å². The summed E-state index contributed by atoms with van der Waals surface area (Å²) < 4.78 is 0. The lowest BCUT2D eigenvalue weighted by Gasteiger charge is -2.25. The highest BCUT2D eigenvalue weighted by Crippen LogP contribution is 2.18. The molecule has 0 spiro atoms. The van der Waals surface area contributed by atoms with Crippen LogP contribution in [-0.2, 0) is 4.79 Å². The third kappa shape index (κ3) is 1.94. The summed E-state index contributed by atoms with van der Waals surface area (Å²) in [7, 11) is 0. The van der Waals surface area contributed by atoms with Crippen molar-refractivity contribution in [3.05, 3.63) is 0 Å². The minimum Gasteiger partial charge on any atom is -0.463 e. The topological polar surface area (TPSA) is 77.8 Å². The van der Waals surface area contributed by atoms with Crippen LogP contribution in [0, 0.1) is 0 Å². The molecule has 0 aromatic rings. The Hall–Kier alpha value is -1.10. The number of amides is 1. The van der Waals surface area contributed by atoms with Crippen molar-refractivity contribution >= 4 is 11.9 Å². The summed E-state index contributed by atoms with van der Waals surface area (Å²) in [5, 5.41) is 17.6. The molecule has 0 saturated heterocycles. The van der Waals surface area contributed by atoms with Gasteiger partial charge in [0.2, 0.25) is 0 Å². The molecule has 0 radical (unpaired) electrons. The average Bonchev–Trinajstić information content (AvgIpc) is 2.03. The molecule has 1 saturated carbocycles. The molecule has 68 valence electrons. The fourth-order valence-electron chi connectivity index (χ4n) is 1.37. The van der Waals surface area contributed by atoms with Gasteiger partial charge in [-0.05, 0) is 12.8 Å². The molecular formula is C7H11NO4. The first-order chi connectivity index (χ1) is 5.61. The second-order valence-electron chi connectivity index (χ2n) is 2.92. The quantitative estimate of drug-likeness (QED) is 0.455. The summed E-state index contributed by atoms with van der Waals surface area (Å²) >= 11 is 0. The molecule has 1 unspecified atom stereocenters. The summed E-state index contributed by atoms with van der Waals surface area (Å²) in [6, 6.07) is -0.538. The van der Waals surface area contributed by atoms with Crippen LogP contribution in [0.2, 0.25) is 0 Å². The minimum atomic E-state index is -1.39. The highest BCUT2D eigenvalue weighted by atomic mass is 16.6. The Bertz CT molecular complexity index is 202. The van der Waals surface area contributed by atoms with Gasteiger partial charge in [-0.1, -0.05) is 0 Å². The zero-order valence-corrected chi connectivity index (χ0v) is 6.56. The number of hydrogen-bond donors (Lipinski definition) is 2. The van der Waals surface area contributed by atoms with Gasteiger partial charge in [0, 0.05) is 12.8 Å². The van der Waals surface area contributed by atoms with Gasteiger partial charge in [0.15, 0.2) is 0 Å². The molecule has 0 bridgehead atoms. The highest BCUT2D eigenvalue weighted by molar-refractivity contribution is 5.80. The van der Waals surface area contributed by atoms with Crippen LogP contribution in [0.1, 0.15) is 25.7 Å². The fourth-order valence-corrected chi connectivity index (χ4v) is 1.37. The van der Waals surface area contributed by atoms with E-state index in [0.29, 0.717) is 19.3 Å². The summed E-state index contributed by atoms with van der Waals surface area (Å²) in [5.74, 6) is 0.0200. The third-order valence-electron chi connectivity index (χ3n) is 2.00. The number of hydroxylamine groups is 2. The van der Waals surface area contributed by atoms with Crippen molar-refractivity contribution in [1.82, 2.24) is 5.06 Å². The van der Waals surface area contributed by atoms with Crippen molar-refractivity contribution in [3.63, 3.8) is 0 Å². The molecule has 12 heavy (non-hydrogen) atoms. The molecule has 1 atom stereocenters. The molecule has 0 aromatic heterocycles. The number of hydrogen-bond acceptors (Lipinski definition) is 3. The maximum absolute atomic E-state index is 10.9. The molecule has 0 heterocycles. The van der Waals surface area contributed by atoms with Crippen molar-refractivity contribution in [2.75, 3.05) is 0 Å². The fraction of sp³-hybridized carbons (Fsp3) is 0.714. The van der Waals surface area contributed by atoms with E-state index in [1.807, 2.05) is 0 Å². The Morgan fingerprint density at radius 3 is 2.75 bits per heavy atom. The van der Waals surface area contributed by atoms with E-state index in [2.05, 4.69) is 0 Å². The minimum absolute atomic E-state index is 0.0200. The van der Waals surface area contributed by atoms with Crippen molar-refractivity contribution < 1.29 is 19.9 Å². The molecule has 5 heteroatoms. The van der Waals surface area contributed by atoms with Gasteiger partial charge in [0.25, 0.3) is 0 Å². The van der Waals surface area contributed by atoms with E-state index < -0.39 is 12.1 Å². The molecule has 1 aliphatic rings. The van der Waals surface area contributed by atoms with Gasteiger partial charge < -0.3 is 5.11 Å². The lowest BCUT2D eigenvalue weighted by molar-refractivity contribution is -0.132. The second-order valence-corrected chi connectivity index (χ2v) is 2.92. The monoisotopic (exact) mass is 173 g/mol. The van der Waals surface area contributed by atoms with Crippen molar-refractivity contribution in [1.29, 1.82) is 0 Å². The Labute approximate surface area is 69.5 Å². The van der Waals surface area contributed by atoms with Crippen molar-refractivity contribution in [3.8, 4) is 0 Å². The Balaban J connectivity index is 2.51. The first kappa shape index (κ1) is 8.99. The average molecular weight is 173 g/mol. The predicted octanol–water partition coefficient (Wildman–Crippen LogP) is 0.867. The maximum atomic E-state index is 10.9. The molecule has 1 fully saturated rings. The number of Topliss-reactive ketones (excluding diaryl/α,β-unsaturated/α-hetero) is 1. The van der Waals surface area contributed by atoms with Gasteiger partial charge >= 0.3 is 6.09 Å². The van der Waals surface area contributed by atoms with E-state index in [9.17, 15) is 9.59 Å². The van der Waals surface area contributed by atoms with Crippen LogP contribution in [0.3, 0.4) is 0 Å². The second kappa shape index (κ2) is 3.53. The number of carbonyl (C=O) groups is 2. The smallest absolute Gasteiger partial charge is 0.431 e. The summed E-state index contributed by atoms with van der Waals surface area (Å²) in [5.41, 5.74) is 0. The summed E-state index contributed by atoms with van der Waals surface area (Å²) in [6.07, 6.45) is 0.476. The summed E-state index contributed by atoms with van der Waals surface area (Å²) in [4.78, 5) is 21.1. The van der Waals surface area contributed by atoms with E-state index in [-0.39, 0.29) is 17.3 Å². The molecule has 1 rings (SSSR count). The summed E-state index contributed by atoms with van der Waals surface area (Å²) in [6.45, 7) is 0. The first-order valence-electron chi connectivity index (χ1n) is 3.84. The van der Waals surface area contributed by atoms with Gasteiger partial charge in [-0.2, -0.15) is 5.06 Å². The lowest BCUT2D eigenvalue weighted by Crippen LogP contribution is -2.39. The Morgan fingerprint density at radius 1 is 1.58 bits per heavy atom. The molecule has 1 aliphatic carbocycles. The maximum Gasteiger partial charge on any atom is 0.431 e. The largest absolute Gasteiger partial charge is 0.463 e. The Morgan fingerprint density at radius 2 is 2.25 bits per heavy atom. The van der Waals surface area contributed by atoms with Crippen LogP contribution in [-0.4, -0.2) is 33.3 Å². The van der Waals surface area contributed by atoms with Crippen LogP contribution < -0.4 is 0 Å². The number of ketones is 1. The number of carboxylic acid groups (broad SMARTS) is 1. The predicted molar refractivity (Wildman–Crippen MR) is 38.9 cm³/mol. The molecule has 1 amide bonds. The lowest BCUT2D eigenvalue weighted by atomic mass is 9.94. The van der Waals surface area contributed by atoms with Crippen LogP contribution in [0.15, 0.2) is 0 Å². The van der Waals surface area contributed by atoms with Crippen molar-refractivity contribution in [2.24, 2.45) is 0 Å². The zero-order valence-electron chi connectivity index (χ0n) is 6.56. The Kier molecular flexibility index (Phi) is 2.65. The highest BCUT2D eigenvalue weighted by Gasteiger charge is 2.27. The van der Waals surface area contributed by atoms with E-state index in [0.717, 1.165) is 0 Å². The van der Waals surface area contributed by atoms with E-state index in [1.54, 1.807) is 0 Å². The van der Waals surface area contributed by atoms with Gasteiger partial charge in [-0.3, -0.25) is 10.0 Å². The van der Waals surface area contributed by atoms with Gasteiger partial charge in [-0.25, -0.2) is 4.79 Å². The number of nitrogens with zero attached hydrogens (tertiary/aromatic N) is 1. The molecule has 0 aromatic carbocycles.